The molecular formula is C28H27Cl2N5OS. The zero-order valence-corrected chi connectivity index (χ0v) is 23.1. The van der Waals surface area contributed by atoms with Crippen LogP contribution in [0.5, 0.6) is 5.75 Å². The third-order valence-electron chi connectivity index (χ3n) is 6.71. The Kier molecular flexibility index (Phi) is 7.84. The Morgan fingerprint density at radius 3 is 2.54 bits per heavy atom. The first-order valence-electron chi connectivity index (χ1n) is 12.1. The number of nitriles is 1. The molecule has 0 aliphatic carbocycles. The number of hydrogen-bond acceptors (Lipinski definition) is 7. The predicted molar refractivity (Wildman–Crippen MR) is 153 cm³/mol. The van der Waals surface area contributed by atoms with Crippen LogP contribution in [0.2, 0.25) is 10.0 Å². The van der Waals surface area contributed by atoms with E-state index in [2.05, 4.69) is 51.7 Å². The summed E-state index contributed by atoms with van der Waals surface area (Å²) in [7, 11) is 1.54. The number of nitrogens with zero attached hydrogens (tertiary/aromatic N) is 4. The molecule has 37 heavy (non-hydrogen) atoms. The molecule has 2 aromatic carbocycles. The Balaban J connectivity index is 1.40. The number of pyridine rings is 1. The topological polar surface area (TPSA) is 64.4 Å². The summed E-state index contributed by atoms with van der Waals surface area (Å²) >= 11 is 14.4. The van der Waals surface area contributed by atoms with Crippen molar-refractivity contribution in [3.63, 3.8) is 0 Å². The average molecular weight is 553 g/mol. The lowest BCUT2D eigenvalue weighted by Gasteiger charge is -2.33. The third kappa shape index (κ3) is 5.69. The van der Waals surface area contributed by atoms with E-state index >= 15 is 0 Å². The van der Waals surface area contributed by atoms with Crippen molar-refractivity contribution in [3.8, 4) is 22.9 Å². The molecule has 2 aromatic heterocycles. The lowest BCUT2D eigenvalue weighted by molar-refractivity contribution is 0.133. The first-order valence-corrected chi connectivity index (χ1v) is 13.8. The lowest BCUT2D eigenvalue weighted by Crippen LogP contribution is -2.45. The van der Waals surface area contributed by atoms with Crippen molar-refractivity contribution in [2.45, 2.75) is 13.5 Å². The Hall–Kier alpha value is -2.86. The van der Waals surface area contributed by atoms with Gasteiger partial charge >= 0.3 is 0 Å². The Labute approximate surface area is 231 Å². The Bertz CT molecular complexity index is 1470. The summed E-state index contributed by atoms with van der Waals surface area (Å²) in [5, 5.41) is 16.9. The second kappa shape index (κ2) is 11.3. The van der Waals surface area contributed by atoms with E-state index in [-0.39, 0.29) is 0 Å². The Morgan fingerprint density at radius 2 is 1.81 bits per heavy atom. The van der Waals surface area contributed by atoms with E-state index in [1.807, 2.05) is 12.1 Å². The highest BCUT2D eigenvalue weighted by molar-refractivity contribution is 7.10. The molecular weight excluding hydrogens is 525 g/mol. The molecule has 1 saturated heterocycles. The van der Waals surface area contributed by atoms with Gasteiger partial charge in [-0.3, -0.25) is 4.90 Å². The zero-order chi connectivity index (χ0) is 25.9. The number of hydrogen-bond donors (Lipinski definition) is 1. The van der Waals surface area contributed by atoms with Crippen molar-refractivity contribution in [1.82, 2.24) is 14.8 Å². The van der Waals surface area contributed by atoms with E-state index in [1.54, 1.807) is 23.5 Å². The number of rotatable bonds is 7. The van der Waals surface area contributed by atoms with Gasteiger partial charge in [-0.05, 0) is 47.3 Å². The maximum atomic E-state index is 9.75. The molecule has 0 spiro atoms. The quantitative estimate of drug-likeness (QED) is 0.266. The average Bonchev–Trinajstić information content (AvgIpc) is 3.38. The molecule has 1 fully saturated rings. The molecule has 4 aromatic rings. The van der Waals surface area contributed by atoms with E-state index in [4.69, 9.17) is 32.9 Å². The minimum atomic E-state index is 0.409. The van der Waals surface area contributed by atoms with Crippen LogP contribution in [-0.2, 0) is 6.54 Å². The number of nitrogens with one attached hydrogen (secondary N) is 1. The fraction of sp³-hybridized carbons (Fsp3) is 0.286. The van der Waals surface area contributed by atoms with Gasteiger partial charge < -0.3 is 15.0 Å². The number of ether oxygens (including phenoxy) is 1. The Morgan fingerprint density at radius 1 is 1.03 bits per heavy atom. The molecule has 0 atom stereocenters. The molecule has 3 heterocycles. The molecule has 6 nitrogen and oxygen atoms in total. The van der Waals surface area contributed by atoms with Crippen LogP contribution in [0.1, 0.15) is 17.4 Å². The summed E-state index contributed by atoms with van der Waals surface area (Å²) in [4.78, 5) is 11.2. The van der Waals surface area contributed by atoms with Crippen LogP contribution in [0.3, 0.4) is 0 Å². The second-order valence-corrected chi connectivity index (χ2v) is 10.8. The van der Waals surface area contributed by atoms with Crippen LogP contribution in [0.4, 0.5) is 11.5 Å². The number of methoxy groups -OCH3 is 1. The maximum absolute atomic E-state index is 9.75. The van der Waals surface area contributed by atoms with Gasteiger partial charge in [-0.2, -0.15) is 5.26 Å². The zero-order valence-electron chi connectivity index (χ0n) is 20.7. The van der Waals surface area contributed by atoms with E-state index in [1.165, 1.54) is 17.6 Å². The van der Waals surface area contributed by atoms with E-state index < -0.39 is 0 Å². The fourth-order valence-electron chi connectivity index (χ4n) is 4.54. The van der Waals surface area contributed by atoms with E-state index in [9.17, 15) is 5.26 Å². The summed E-state index contributed by atoms with van der Waals surface area (Å²) in [6.07, 6.45) is 0. The minimum absolute atomic E-state index is 0.409. The highest BCUT2D eigenvalue weighted by atomic mass is 35.5. The van der Waals surface area contributed by atoms with Crippen molar-refractivity contribution < 1.29 is 4.74 Å². The normalized spacial score (nSPS) is 14.6. The molecule has 0 radical (unpaired) electrons. The highest BCUT2D eigenvalue weighted by Crippen LogP contribution is 2.36. The van der Waals surface area contributed by atoms with Gasteiger partial charge in [0.15, 0.2) is 0 Å². The standard InChI is InChI=1S/C28H27Cl2N5OS/c1-3-34-6-8-35(9-7-34)16-22-11-21(17-37-22)18-4-5-19-10-20(15-31)28(32-25(19)12-18)33-26-14-27(36-2)24(30)13-23(26)29/h4-5,10-14,17H,3,6-9,16H2,1-2H3,(H,32,33). The van der Waals surface area contributed by atoms with Gasteiger partial charge in [-0.1, -0.05) is 42.3 Å². The molecule has 9 heteroatoms. The molecule has 1 aliphatic heterocycles. The van der Waals surface area contributed by atoms with Gasteiger partial charge in [-0.25, -0.2) is 4.98 Å². The van der Waals surface area contributed by atoms with E-state index in [0.717, 1.165) is 55.7 Å². The highest BCUT2D eigenvalue weighted by Gasteiger charge is 2.17. The number of anilines is 2. The number of halogens is 2. The van der Waals surface area contributed by atoms with Gasteiger partial charge in [0.25, 0.3) is 0 Å². The van der Waals surface area contributed by atoms with Gasteiger partial charge in [0.2, 0.25) is 0 Å². The number of aromatic nitrogens is 1. The summed E-state index contributed by atoms with van der Waals surface area (Å²) < 4.78 is 5.31. The SMILES string of the molecule is CCN1CCN(Cc2cc(-c3ccc4cc(C#N)c(Nc5cc(OC)c(Cl)cc5Cl)nc4c3)cs2)CC1. The maximum Gasteiger partial charge on any atom is 0.149 e. The molecule has 0 amide bonds. The molecule has 0 saturated carbocycles. The van der Waals surface area contributed by atoms with Gasteiger partial charge in [-0.15, -0.1) is 11.3 Å². The monoisotopic (exact) mass is 551 g/mol. The molecule has 0 bridgehead atoms. The number of fused-ring (bicyclic) bond motifs is 1. The summed E-state index contributed by atoms with van der Waals surface area (Å²) in [6, 6.07) is 15.8. The summed E-state index contributed by atoms with van der Waals surface area (Å²) in [6.45, 7) is 8.84. The molecule has 1 N–H and O–H groups in total. The molecule has 1 aliphatic rings. The lowest BCUT2D eigenvalue weighted by atomic mass is 10.0. The first kappa shape index (κ1) is 25.8. The predicted octanol–water partition coefficient (Wildman–Crippen LogP) is 7.03. The van der Waals surface area contributed by atoms with Crippen LogP contribution < -0.4 is 10.1 Å². The molecule has 5 rings (SSSR count). The van der Waals surface area contributed by atoms with Crippen molar-refractivity contribution >= 4 is 56.9 Å². The van der Waals surface area contributed by atoms with Crippen LogP contribution in [-0.4, -0.2) is 54.6 Å². The van der Waals surface area contributed by atoms with Gasteiger partial charge in [0, 0.05) is 49.1 Å². The van der Waals surface area contributed by atoms with Crippen LogP contribution in [0, 0.1) is 11.3 Å². The van der Waals surface area contributed by atoms with Crippen molar-refractivity contribution in [3.05, 3.63) is 68.3 Å². The van der Waals surface area contributed by atoms with Crippen molar-refractivity contribution in [2.75, 3.05) is 45.2 Å². The molecule has 190 valence electrons. The second-order valence-electron chi connectivity index (χ2n) is 9.01. The number of likely N-dealkylation sites (N-methyl/N-ethyl adjacent to an activating group) is 1. The van der Waals surface area contributed by atoms with Crippen molar-refractivity contribution in [2.24, 2.45) is 0 Å². The largest absolute Gasteiger partial charge is 0.495 e. The van der Waals surface area contributed by atoms with Gasteiger partial charge in [0.05, 0.1) is 33.9 Å². The van der Waals surface area contributed by atoms with E-state index in [0.29, 0.717) is 32.9 Å². The summed E-state index contributed by atoms with van der Waals surface area (Å²) in [5.74, 6) is 0.909. The van der Waals surface area contributed by atoms with Crippen LogP contribution in [0.15, 0.2) is 47.8 Å². The van der Waals surface area contributed by atoms with Crippen LogP contribution >= 0.6 is 34.5 Å². The minimum Gasteiger partial charge on any atom is -0.495 e. The third-order valence-corrected chi connectivity index (χ3v) is 8.24. The fourth-order valence-corrected chi connectivity index (χ4v) is 5.98. The van der Waals surface area contributed by atoms with Crippen molar-refractivity contribution in [1.29, 1.82) is 5.26 Å². The number of benzene rings is 2. The first-order chi connectivity index (χ1) is 18.0. The smallest absolute Gasteiger partial charge is 0.149 e. The summed E-state index contributed by atoms with van der Waals surface area (Å²) in [5.41, 5.74) is 4.05. The molecule has 0 unspecified atom stereocenters. The number of piperazine rings is 1. The number of thiophene rings is 1. The van der Waals surface area contributed by atoms with Crippen LogP contribution in [0.25, 0.3) is 22.0 Å². The van der Waals surface area contributed by atoms with Gasteiger partial charge in [0.1, 0.15) is 17.6 Å².